The molecule has 1 unspecified atom stereocenters. The Hall–Kier alpha value is -1.17. The predicted octanol–water partition coefficient (Wildman–Crippen LogP) is 0.0620. The Balaban J connectivity index is 2.56. The maximum atomic E-state index is 8.69. The van der Waals surface area contributed by atoms with Crippen LogP contribution >= 0.6 is 0 Å². The topological polar surface area (TPSA) is 80.4 Å². The van der Waals surface area contributed by atoms with Gasteiger partial charge >= 0.3 is 0 Å². The Labute approximate surface area is 95.6 Å². The van der Waals surface area contributed by atoms with Gasteiger partial charge in [0.25, 0.3) is 0 Å². The maximum Gasteiger partial charge on any atom is 0.212 e. The van der Waals surface area contributed by atoms with Gasteiger partial charge in [0.15, 0.2) is 0 Å². The lowest BCUT2D eigenvalue weighted by atomic mass is 10.1. The third kappa shape index (κ3) is 3.77. The van der Waals surface area contributed by atoms with Crippen LogP contribution in [-0.2, 0) is 0 Å². The minimum Gasteiger partial charge on any atom is -0.481 e. The van der Waals surface area contributed by atoms with Gasteiger partial charge in [0, 0.05) is 31.5 Å². The quantitative estimate of drug-likeness (QED) is 0.572. The maximum absolute atomic E-state index is 8.69. The van der Waals surface area contributed by atoms with E-state index in [4.69, 9.17) is 15.6 Å². The van der Waals surface area contributed by atoms with E-state index in [0.717, 1.165) is 18.5 Å². The smallest absolute Gasteiger partial charge is 0.212 e. The second-order valence-corrected chi connectivity index (χ2v) is 3.45. The van der Waals surface area contributed by atoms with Crippen molar-refractivity contribution >= 4 is 0 Å². The number of nitrogens with one attached hydrogen (secondary N) is 1. The van der Waals surface area contributed by atoms with Gasteiger partial charge in [-0.3, -0.25) is 0 Å². The van der Waals surface area contributed by atoms with Crippen LogP contribution in [0, 0.1) is 0 Å². The Morgan fingerprint density at radius 1 is 1.56 bits per heavy atom. The van der Waals surface area contributed by atoms with Crippen LogP contribution in [0.2, 0.25) is 0 Å². The molecule has 90 valence electrons. The van der Waals surface area contributed by atoms with Gasteiger partial charge in [-0.1, -0.05) is 6.07 Å². The molecule has 0 aliphatic heterocycles. The molecular weight excluding hydrogens is 206 g/mol. The van der Waals surface area contributed by atoms with Crippen LogP contribution in [0.25, 0.3) is 0 Å². The molecule has 5 heteroatoms. The SMILES string of the molecule is COc1ccc(C(CN)NCCCO)cn1. The molecular formula is C11H19N3O2. The van der Waals surface area contributed by atoms with Crippen LogP contribution in [0.3, 0.4) is 0 Å². The normalized spacial score (nSPS) is 12.4. The number of rotatable bonds is 7. The lowest BCUT2D eigenvalue weighted by molar-refractivity contribution is 0.283. The number of methoxy groups -OCH3 is 1. The van der Waals surface area contributed by atoms with Crippen molar-refractivity contribution in [1.82, 2.24) is 10.3 Å². The fourth-order valence-corrected chi connectivity index (χ4v) is 1.41. The molecule has 0 saturated carbocycles. The first-order valence-corrected chi connectivity index (χ1v) is 5.36. The van der Waals surface area contributed by atoms with Crippen LogP contribution < -0.4 is 15.8 Å². The molecule has 1 atom stereocenters. The highest BCUT2D eigenvalue weighted by Gasteiger charge is 2.08. The predicted molar refractivity (Wildman–Crippen MR) is 62.3 cm³/mol. The zero-order valence-corrected chi connectivity index (χ0v) is 9.52. The van der Waals surface area contributed by atoms with Crippen LogP contribution in [0.15, 0.2) is 18.3 Å². The average Bonchev–Trinajstić information content (AvgIpc) is 2.35. The molecule has 16 heavy (non-hydrogen) atoms. The molecule has 0 amide bonds. The first kappa shape index (κ1) is 12.9. The lowest BCUT2D eigenvalue weighted by Crippen LogP contribution is -2.29. The average molecular weight is 225 g/mol. The van der Waals surface area contributed by atoms with Crippen molar-refractivity contribution in [3.8, 4) is 5.88 Å². The summed E-state index contributed by atoms with van der Waals surface area (Å²) in [5.41, 5.74) is 6.70. The summed E-state index contributed by atoms with van der Waals surface area (Å²) in [6.07, 6.45) is 2.47. The summed E-state index contributed by atoms with van der Waals surface area (Å²) in [5.74, 6) is 0.592. The summed E-state index contributed by atoms with van der Waals surface area (Å²) >= 11 is 0. The number of hydrogen-bond donors (Lipinski definition) is 3. The number of aliphatic hydroxyl groups is 1. The summed E-state index contributed by atoms with van der Waals surface area (Å²) in [7, 11) is 1.59. The van der Waals surface area contributed by atoms with E-state index >= 15 is 0 Å². The number of aromatic nitrogens is 1. The molecule has 0 saturated heterocycles. The van der Waals surface area contributed by atoms with E-state index in [2.05, 4.69) is 10.3 Å². The molecule has 4 N–H and O–H groups in total. The first-order valence-electron chi connectivity index (χ1n) is 5.36. The molecule has 0 bridgehead atoms. The third-order valence-electron chi connectivity index (χ3n) is 2.33. The molecule has 0 radical (unpaired) electrons. The second-order valence-electron chi connectivity index (χ2n) is 3.45. The molecule has 1 aromatic rings. The number of pyridine rings is 1. The van der Waals surface area contributed by atoms with Gasteiger partial charge in [0.2, 0.25) is 5.88 Å². The highest BCUT2D eigenvalue weighted by atomic mass is 16.5. The zero-order chi connectivity index (χ0) is 11.8. The Bertz CT molecular complexity index is 290. The standard InChI is InChI=1S/C11H19N3O2/c1-16-11-4-3-9(8-14-11)10(7-12)13-5-2-6-15/h3-4,8,10,13,15H,2,5-7,12H2,1H3. The van der Waals surface area contributed by atoms with Gasteiger partial charge in [0.05, 0.1) is 7.11 Å². The molecule has 0 aliphatic carbocycles. The minimum atomic E-state index is 0.0740. The van der Waals surface area contributed by atoms with Crippen molar-refractivity contribution in [3.05, 3.63) is 23.9 Å². The molecule has 0 aliphatic rings. The van der Waals surface area contributed by atoms with Gasteiger partial charge in [-0.25, -0.2) is 4.98 Å². The van der Waals surface area contributed by atoms with Gasteiger partial charge in [-0.05, 0) is 18.5 Å². The molecule has 5 nitrogen and oxygen atoms in total. The van der Waals surface area contributed by atoms with Crippen LogP contribution in [0.1, 0.15) is 18.0 Å². The lowest BCUT2D eigenvalue weighted by Gasteiger charge is -2.16. The van der Waals surface area contributed by atoms with Gasteiger partial charge < -0.3 is 20.9 Å². The van der Waals surface area contributed by atoms with Crippen molar-refractivity contribution in [2.45, 2.75) is 12.5 Å². The fourth-order valence-electron chi connectivity index (χ4n) is 1.41. The van der Waals surface area contributed by atoms with Crippen LogP contribution in [-0.4, -0.2) is 36.9 Å². The van der Waals surface area contributed by atoms with Gasteiger partial charge in [-0.2, -0.15) is 0 Å². The minimum absolute atomic E-state index is 0.0740. The summed E-state index contributed by atoms with van der Waals surface area (Å²) in [5, 5.41) is 11.9. The van der Waals surface area contributed by atoms with Crippen LogP contribution in [0.5, 0.6) is 5.88 Å². The molecule has 0 fully saturated rings. The van der Waals surface area contributed by atoms with Crippen molar-refractivity contribution < 1.29 is 9.84 Å². The van der Waals surface area contributed by atoms with E-state index in [0.29, 0.717) is 12.4 Å². The highest BCUT2D eigenvalue weighted by Crippen LogP contribution is 2.13. The summed E-state index contributed by atoms with van der Waals surface area (Å²) < 4.78 is 4.99. The Morgan fingerprint density at radius 2 is 2.38 bits per heavy atom. The second kappa shape index (κ2) is 7.16. The van der Waals surface area contributed by atoms with E-state index < -0.39 is 0 Å². The van der Waals surface area contributed by atoms with Crippen molar-refractivity contribution in [2.75, 3.05) is 26.8 Å². The number of ether oxygens (including phenoxy) is 1. The highest BCUT2D eigenvalue weighted by molar-refractivity contribution is 5.21. The molecule has 0 spiro atoms. The Morgan fingerprint density at radius 3 is 2.88 bits per heavy atom. The summed E-state index contributed by atoms with van der Waals surface area (Å²) in [6.45, 7) is 1.43. The van der Waals surface area contributed by atoms with Gasteiger partial charge in [-0.15, -0.1) is 0 Å². The number of aliphatic hydroxyl groups excluding tert-OH is 1. The summed E-state index contributed by atoms with van der Waals surface area (Å²) in [6, 6.07) is 3.83. The van der Waals surface area contributed by atoms with E-state index in [-0.39, 0.29) is 12.6 Å². The van der Waals surface area contributed by atoms with Gasteiger partial charge in [0.1, 0.15) is 0 Å². The number of hydrogen-bond acceptors (Lipinski definition) is 5. The van der Waals surface area contributed by atoms with E-state index in [9.17, 15) is 0 Å². The van der Waals surface area contributed by atoms with E-state index in [1.165, 1.54) is 0 Å². The van der Waals surface area contributed by atoms with E-state index in [1.807, 2.05) is 12.1 Å². The largest absolute Gasteiger partial charge is 0.481 e. The van der Waals surface area contributed by atoms with Crippen molar-refractivity contribution in [3.63, 3.8) is 0 Å². The Kier molecular flexibility index (Phi) is 5.77. The number of nitrogens with zero attached hydrogens (tertiary/aromatic N) is 1. The van der Waals surface area contributed by atoms with Crippen LogP contribution in [0.4, 0.5) is 0 Å². The van der Waals surface area contributed by atoms with Crippen molar-refractivity contribution in [1.29, 1.82) is 0 Å². The zero-order valence-electron chi connectivity index (χ0n) is 9.52. The number of nitrogens with two attached hydrogens (primary N) is 1. The fraction of sp³-hybridized carbons (Fsp3) is 0.545. The monoisotopic (exact) mass is 225 g/mol. The molecule has 1 heterocycles. The molecule has 1 aromatic heterocycles. The molecule has 0 aromatic carbocycles. The van der Waals surface area contributed by atoms with Crippen molar-refractivity contribution in [2.24, 2.45) is 5.73 Å². The van der Waals surface area contributed by atoms with E-state index in [1.54, 1.807) is 13.3 Å². The summed E-state index contributed by atoms with van der Waals surface area (Å²) in [4.78, 5) is 4.13. The third-order valence-corrected chi connectivity index (χ3v) is 2.33. The first-order chi connectivity index (χ1) is 7.81. The molecule has 1 rings (SSSR count).